The fourth-order valence-corrected chi connectivity index (χ4v) is 3.65. The van der Waals surface area contributed by atoms with Crippen LogP contribution in [0.4, 0.5) is 0 Å². The van der Waals surface area contributed by atoms with Gasteiger partial charge in [0.25, 0.3) is 0 Å². The van der Waals surface area contributed by atoms with Crippen molar-refractivity contribution in [3.8, 4) is 0 Å². The SMILES string of the molecule is C[C@@]12CCCC=C1CCC[C@H]2OC(=O)c1ccccc1. The minimum Gasteiger partial charge on any atom is -0.458 e. The van der Waals surface area contributed by atoms with E-state index in [2.05, 4.69) is 13.0 Å². The smallest absolute Gasteiger partial charge is 0.338 e. The van der Waals surface area contributed by atoms with E-state index in [4.69, 9.17) is 4.74 Å². The first-order chi connectivity index (χ1) is 9.70. The Hall–Kier alpha value is -1.57. The molecule has 1 aromatic rings. The Kier molecular flexibility index (Phi) is 3.64. The molecule has 0 aromatic heterocycles. The molecule has 1 fully saturated rings. The van der Waals surface area contributed by atoms with E-state index >= 15 is 0 Å². The number of hydrogen-bond donors (Lipinski definition) is 0. The van der Waals surface area contributed by atoms with Gasteiger partial charge in [-0.25, -0.2) is 4.79 Å². The molecule has 3 rings (SSSR count). The molecule has 106 valence electrons. The molecule has 0 N–H and O–H groups in total. The van der Waals surface area contributed by atoms with Gasteiger partial charge in [0, 0.05) is 5.41 Å². The van der Waals surface area contributed by atoms with Crippen LogP contribution in [0.2, 0.25) is 0 Å². The molecule has 0 aliphatic heterocycles. The molecule has 0 saturated heterocycles. The molecule has 2 aliphatic carbocycles. The van der Waals surface area contributed by atoms with Gasteiger partial charge in [-0.2, -0.15) is 0 Å². The highest BCUT2D eigenvalue weighted by molar-refractivity contribution is 5.89. The van der Waals surface area contributed by atoms with E-state index in [0.29, 0.717) is 5.56 Å². The Bertz CT molecular complexity index is 517. The van der Waals surface area contributed by atoms with Gasteiger partial charge in [-0.1, -0.05) is 36.8 Å². The maximum atomic E-state index is 12.3. The Balaban J connectivity index is 1.78. The van der Waals surface area contributed by atoms with Gasteiger partial charge in [-0.05, 0) is 50.7 Å². The van der Waals surface area contributed by atoms with Crippen LogP contribution in [0, 0.1) is 5.41 Å². The lowest BCUT2D eigenvalue weighted by Gasteiger charge is -2.45. The van der Waals surface area contributed by atoms with Crippen molar-refractivity contribution in [2.24, 2.45) is 5.41 Å². The Morgan fingerprint density at radius 1 is 1.25 bits per heavy atom. The van der Waals surface area contributed by atoms with E-state index in [1.165, 1.54) is 24.8 Å². The van der Waals surface area contributed by atoms with Crippen molar-refractivity contribution in [1.29, 1.82) is 0 Å². The van der Waals surface area contributed by atoms with Gasteiger partial charge in [-0.3, -0.25) is 0 Å². The maximum absolute atomic E-state index is 12.3. The standard InChI is InChI=1S/C18H22O2/c1-18-13-6-5-10-15(18)11-7-12-16(18)20-17(19)14-8-3-2-4-9-14/h2-4,8-10,16H,5-7,11-13H2,1H3/t16-,18-/m1/s1. The van der Waals surface area contributed by atoms with Crippen LogP contribution in [-0.2, 0) is 4.74 Å². The van der Waals surface area contributed by atoms with Gasteiger partial charge >= 0.3 is 5.97 Å². The molecule has 2 heteroatoms. The normalized spacial score (nSPS) is 29.2. The Labute approximate surface area is 120 Å². The molecule has 0 spiro atoms. The summed E-state index contributed by atoms with van der Waals surface area (Å²) in [4.78, 5) is 12.3. The summed E-state index contributed by atoms with van der Waals surface area (Å²) >= 11 is 0. The van der Waals surface area contributed by atoms with Gasteiger partial charge in [0.15, 0.2) is 0 Å². The minimum absolute atomic E-state index is 0.0375. The van der Waals surface area contributed by atoms with Crippen molar-refractivity contribution in [2.75, 3.05) is 0 Å². The second-order valence-corrected chi connectivity index (χ2v) is 6.19. The average Bonchev–Trinajstić information content (AvgIpc) is 2.49. The lowest BCUT2D eigenvalue weighted by Crippen LogP contribution is -2.41. The molecule has 0 heterocycles. The highest BCUT2D eigenvalue weighted by atomic mass is 16.5. The Morgan fingerprint density at radius 3 is 2.85 bits per heavy atom. The first-order valence-corrected chi connectivity index (χ1v) is 7.66. The van der Waals surface area contributed by atoms with Crippen LogP contribution in [0.5, 0.6) is 0 Å². The number of allylic oxidation sites excluding steroid dienone is 1. The number of benzene rings is 1. The van der Waals surface area contributed by atoms with E-state index in [0.717, 1.165) is 19.3 Å². The summed E-state index contributed by atoms with van der Waals surface area (Å²) in [6.45, 7) is 2.28. The van der Waals surface area contributed by atoms with Gasteiger partial charge in [0.05, 0.1) is 5.56 Å². The lowest BCUT2D eigenvalue weighted by molar-refractivity contribution is -0.0191. The van der Waals surface area contributed by atoms with Crippen LogP contribution in [0.1, 0.15) is 55.8 Å². The summed E-state index contributed by atoms with van der Waals surface area (Å²) in [5, 5.41) is 0. The first kappa shape index (κ1) is 13.4. The summed E-state index contributed by atoms with van der Waals surface area (Å²) in [6, 6.07) is 9.33. The van der Waals surface area contributed by atoms with E-state index < -0.39 is 0 Å². The largest absolute Gasteiger partial charge is 0.458 e. The van der Waals surface area contributed by atoms with E-state index in [1.807, 2.05) is 30.3 Å². The number of ether oxygens (including phenoxy) is 1. The highest BCUT2D eigenvalue weighted by Gasteiger charge is 2.43. The van der Waals surface area contributed by atoms with E-state index in [1.54, 1.807) is 0 Å². The fourth-order valence-electron chi connectivity index (χ4n) is 3.65. The number of carbonyl (C=O) groups is 1. The molecule has 1 saturated carbocycles. The molecule has 0 bridgehead atoms. The summed E-state index contributed by atoms with van der Waals surface area (Å²) in [7, 11) is 0. The molecular formula is C18H22O2. The third-order valence-corrected chi connectivity index (χ3v) is 4.91. The van der Waals surface area contributed by atoms with E-state index in [-0.39, 0.29) is 17.5 Å². The van der Waals surface area contributed by atoms with Gasteiger partial charge in [0.1, 0.15) is 6.10 Å². The van der Waals surface area contributed by atoms with Crippen LogP contribution >= 0.6 is 0 Å². The maximum Gasteiger partial charge on any atom is 0.338 e. The number of fused-ring (bicyclic) bond motifs is 1. The second-order valence-electron chi connectivity index (χ2n) is 6.19. The summed E-state index contributed by atoms with van der Waals surface area (Å²) < 4.78 is 5.87. The molecule has 2 aliphatic rings. The monoisotopic (exact) mass is 270 g/mol. The van der Waals surface area contributed by atoms with Gasteiger partial charge < -0.3 is 4.74 Å². The average molecular weight is 270 g/mol. The number of rotatable bonds is 2. The molecule has 2 atom stereocenters. The highest BCUT2D eigenvalue weighted by Crippen LogP contribution is 2.48. The lowest BCUT2D eigenvalue weighted by atomic mass is 9.64. The molecule has 1 aromatic carbocycles. The van der Waals surface area contributed by atoms with Crippen molar-refractivity contribution in [3.63, 3.8) is 0 Å². The summed E-state index contributed by atoms with van der Waals surface area (Å²) in [5.74, 6) is -0.177. The molecule has 0 radical (unpaired) electrons. The van der Waals surface area contributed by atoms with Crippen molar-refractivity contribution in [2.45, 2.75) is 51.6 Å². The number of carbonyl (C=O) groups excluding carboxylic acids is 1. The third-order valence-electron chi connectivity index (χ3n) is 4.91. The van der Waals surface area contributed by atoms with Crippen molar-refractivity contribution >= 4 is 5.97 Å². The summed E-state index contributed by atoms with van der Waals surface area (Å²) in [5.41, 5.74) is 2.24. The minimum atomic E-state index is -0.177. The van der Waals surface area contributed by atoms with Crippen molar-refractivity contribution < 1.29 is 9.53 Å². The molecule has 2 nitrogen and oxygen atoms in total. The molecule has 0 amide bonds. The second kappa shape index (κ2) is 5.43. The number of hydrogen-bond acceptors (Lipinski definition) is 2. The molecular weight excluding hydrogens is 248 g/mol. The van der Waals surface area contributed by atoms with Crippen LogP contribution < -0.4 is 0 Å². The summed E-state index contributed by atoms with van der Waals surface area (Å²) in [6.07, 6.45) is 9.26. The van der Waals surface area contributed by atoms with E-state index in [9.17, 15) is 4.79 Å². The zero-order valence-electron chi connectivity index (χ0n) is 12.1. The fraction of sp³-hybridized carbons (Fsp3) is 0.500. The predicted octanol–water partition coefficient (Wildman–Crippen LogP) is 4.51. The molecule has 20 heavy (non-hydrogen) atoms. The Morgan fingerprint density at radius 2 is 2.05 bits per heavy atom. The molecule has 0 unspecified atom stereocenters. The zero-order chi connectivity index (χ0) is 14.0. The van der Waals surface area contributed by atoms with Gasteiger partial charge in [-0.15, -0.1) is 0 Å². The van der Waals surface area contributed by atoms with Crippen LogP contribution in [0.25, 0.3) is 0 Å². The van der Waals surface area contributed by atoms with Crippen LogP contribution in [0.15, 0.2) is 42.0 Å². The zero-order valence-corrected chi connectivity index (χ0v) is 12.1. The predicted molar refractivity (Wildman–Crippen MR) is 79.5 cm³/mol. The quantitative estimate of drug-likeness (QED) is 0.583. The van der Waals surface area contributed by atoms with Crippen LogP contribution in [0.3, 0.4) is 0 Å². The van der Waals surface area contributed by atoms with Crippen molar-refractivity contribution in [3.05, 3.63) is 47.5 Å². The van der Waals surface area contributed by atoms with Crippen molar-refractivity contribution in [1.82, 2.24) is 0 Å². The first-order valence-electron chi connectivity index (χ1n) is 7.66. The van der Waals surface area contributed by atoms with Crippen LogP contribution in [-0.4, -0.2) is 12.1 Å². The third kappa shape index (κ3) is 2.39. The number of esters is 1. The topological polar surface area (TPSA) is 26.3 Å². The van der Waals surface area contributed by atoms with Gasteiger partial charge in [0.2, 0.25) is 0 Å².